The molecule has 0 atom stereocenters. The molecule has 19 heavy (non-hydrogen) atoms. The summed E-state index contributed by atoms with van der Waals surface area (Å²) in [6, 6.07) is 4.34. The first kappa shape index (κ1) is 13.6. The molecule has 1 aromatic rings. The van der Waals surface area contributed by atoms with E-state index in [1.165, 1.54) is 56.2 Å². The molecule has 1 aromatic heterocycles. The Morgan fingerprint density at radius 3 is 2.42 bits per heavy atom. The lowest BCUT2D eigenvalue weighted by Crippen LogP contribution is -2.54. The lowest BCUT2D eigenvalue weighted by atomic mass is 9.66. The van der Waals surface area contributed by atoms with Gasteiger partial charge in [-0.25, -0.2) is 0 Å². The molecule has 0 aromatic carbocycles. The first-order valence-electron chi connectivity index (χ1n) is 7.74. The summed E-state index contributed by atoms with van der Waals surface area (Å²) in [6.45, 7) is 1.77. The van der Waals surface area contributed by atoms with Crippen LogP contribution in [0.5, 0.6) is 0 Å². The minimum absolute atomic E-state index is 0.206. The number of rotatable bonds is 4. The molecule has 1 heterocycles. The average molecular weight is 278 g/mol. The molecule has 2 saturated carbocycles. The summed E-state index contributed by atoms with van der Waals surface area (Å²) in [5, 5.41) is 5.93. The van der Waals surface area contributed by atoms with Crippen molar-refractivity contribution in [3.05, 3.63) is 22.4 Å². The minimum atomic E-state index is 0.206. The summed E-state index contributed by atoms with van der Waals surface area (Å²) in [5.41, 5.74) is 7.01. The Kier molecular flexibility index (Phi) is 3.97. The van der Waals surface area contributed by atoms with Crippen LogP contribution < -0.4 is 11.1 Å². The van der Waals surface area contributed by atoms with Crippen LogP contribution in [0.15, 0.2) is 17.5 Å². The van der Waals surface area contributed by atoms with Crippen molar-refractivity contribution in [3.63, 3.8) is 0 Å². The highest BCUT2D eigenvalue weighted by atomic mass is 32.1. The van der Waals surface area contributed by atoms with Crippen molar-refractivity contribution >= 4 is 11.3 Å². The molecule has 0 radical (unpaired) electrons. The smallest absolute Gasteiger partial charge is 0.0307 e. The van der Waals surface area contributed by atoms with E-state index < -0.39 is 0 Å². The van der Waals surface area contributed by atoms with Crippen LogP contribution in [0.3, 0.4) is 0 Å². The number of nitrogens with one attached hydrogen (secondary N) is 1. The molecule has 3 heteroatoms. The summed E-state index contributed by atoms with van der Waals surface area (Å²) in [6.07, 6.45) is 11.2. The van der Waals surface area contributed by atoms with Crippen LogP contribution in [0.4, 0.5) is 0 Å². The molecule has 0 unspecified atom stereocenters. The quantitative estimate of drug-likeness (QED) is 0.882. The lowest BCUT2D eigenvalue weighted by molar-refractivity contribution is 0.114. The van der Waals surface area contributed by atoms with Crippen LogP contribution in [0.2, 0.25) is 0 Å². The fourth-order valence-electron chi connectivity index (χ4n) is 4.02. The molecule has 2 aliphatic carbocycles. The Morgan fingerprint density at radius 1 is 1.11 bits per heavy atom. The molecule has 2 fully saturated rings. The van der Waals surface area contributed by atoms with Gasteiger partial charge in [0.15, 0.2) is 0 Å². The second kappa shape index (κ2) is 5.55. The number of hydrogen-bond donors (Lipinski definition) is 2. The molecule has 0 aliphatic heterocycles. The van der Waals surface area contributed by atoms with E-state index in [-0.39, 0.29) is 5.54 Å². The molecule has 106 valence electrons. The van der Waals surface area contributed by atoms with Crippen molar-refractivity contribution in [1.82, 2.24) is 5.32 Å². The maximum absolute atomic E-state index is 6.11. The Balaban J connectivity index is 1.58. The molecule has 2 nitrogen and oxygen atoms in total. The van der Waals surface area contributed by atoms with Crippen molar-refractivity contribution in [2.24, 2.45) is 11.1 Å². The highest BCUT2D eigenvalue weighted by molar-refractivity contribution is 7.09. The fraction of sp³-hybridized carbons (Fsp3) is 0.750. The molecule has 0 saturated heterocycles. The third-order valence-corrected chi connectivity index (χ3v) is 6.42. The third kappa shape index (κ3) is 2.88. The van der Waals surface area contributed by atoms with E-state index in [1.54, 1.807) is 0 Å². The number of nitrogens with two attached hydrogens (primary N) is 1. The van der Waals surface area contributed by atoms with E-state index in [4.69, 9.17) is 5.73 Å². The van der Waals surface area contributed by atoms with Crippen molar-refractivity contribution in [2.75, 3.05) is 6.54 Å². The monoisotopic (exact) mass is 278 g/mol. The van der Waals surface area contributed by atoms with Gasteiger partial charge < -0.3 is 11.1 Å². The predicted octanol–water partition coefficient (Wildman–Crippen LogP) is 3.67. The van der Waals surface area contributed by atoms with E-state index in [0.29, 0.717) is 5.41 Å². The fourth-order valence-corrected chi connectivity index (χ4v) is 4.67. The van der Waals surface area contributed by atoms with Gasteiger partial charge in [0, 0.05) is 23.5 Å². The Labute approximate surface area is 120 Å². The summed E-state index contributed by atoms with van der Waals surface area (Å²) in [5.74, 6) is 0. The Morgan fingerprint density at radius 2 is 1.84 bits per heavy atom. The van der Waals surface area contributed by atoms with Crippen molar-refractivity contribution in [1.29, 1.82) is 0 Å². The predicted molar refractivity (Wildman–Crippen MR) is 82.3 cm³/mol. The summed E-state index contributed by atoms with van der Waals surface area (Å²) < 4.78 is 0. The molecule has 2 aliphatic rings. The van der Waals surface area contributed by atoms with Gasteiger partial charge in [-0.15, -0.1) is 11.3 Å². The van der Waals surface area contributed by atoms with Crippen molar-refractivity contribution in [3.8, 4) is 0 Å². The normalized spacial score (nSPS) is 24.9. The van der Waals surface area contributed by atoms with Crippen molar-refractivity contribution in [2.45, 2.75) is 63.5 Å². The van der Waals surface area contributed by atoms with Gasteiger partial charge in [-0.05, 0) is 55.4 Å². The molecule has 0 bridgehead atoms. The second-order valence-corrected chi connectivity index (χ2v) is 7.66. The SMILES string of the molecule is NCC1(NCc2cccs2)CCC2(CCCC2)CC1. The molecular weight excluding hydrogens is 252 g/mol. The molecular formula is C16H26N2S. The van der Waals surface area contributed by atoms with Gasteiger partial charge in [0.1, 0.15) is 0 Å². The molecule has 1 spiro atoms. The van der Waals surface area contributed by atoms with Crippen LogP contribution in [-0.4, -0.2) is 12.1 Å². The first-order chi connectivity index (χ1) is 9.26. The van der Waals surface area contributed by atoms with E-state index in [0.717, 1.165) is 13.1 Å². The standard InChI is InChI=1S/C16H26N2S/c17-13-16(18-12-14-4-3-11-19-14)9-7-15(8-10-16)5-1-2-6-15/h3-4,11,18H,1-2,5-10,12-13,17H2. The molecule has 0 amide bonds. The van der Waals surface area contributed by atoms with Gasteiger partial charge in [0.2, 0.25) is 0 Å². The maximum Gasteiger partial charge on any atom is 0.0307 e. The average Bonchev–Trinajstić information content (AvgIpc) is 3.11. The van der Waals surface area contributed by atoms with Crippen LogP contribution in [0.1, 0.15) is 56.2 Å². The van der Waals surface area contributed by atoms with Gasteiger partial charge >= 0.3 is 0 Å². The maximum atomic E-state index is 6.11. The van der Waals surface area contributed by atoms with E-state index in [9.17, 15) is 0 Å². The van der Waals surface area contributed by atoms with E-state index in [2.05, 4.69) is 22.8 Å². The van der Waals surface area contributed by atoms with Gasteiger partial charge in [0.05, 0.1) is 0 Å². The van der Waals surface area contributed by atoms with Crippen LogP contribution in [-0.2, 0) is 6.54 Å². The van der Waals surface area contributed by atoms with E-state index >= 15 is 0 Å². The largest absolute Gasteiger partial charge is 0.329 e. The lowest BCUT2D eigenvalue weighted by Gasteiger charge is -2.45. The van der Waals surface area contributed by atoms with Crippen LogP contribution in [0, 0.1) is 5.41 Å². The highest BCUT2D eigenvalue weighted by Gasteiger charge is 2.42. The topological polar surface area (TPSA) is 38.0 Å². The van der Waals surface area contributed by atoms with Gasteiger partial charge in [-0.2, -0.15) is 0 Å². The van der Waals surface area contributed by atoms with Crippen molar-refractivity contribution < 1.29 is 0 Å². The van der Waals surface area contributed by atoms with E-state index in [1.807, 2.05) is 11.3 Å². The molecule has 3 rings (SSSR count). The van der Waals surface area contributed by atoms with Gasteiger partial charge in [0.25, 0.3) is 0 Å². The third-order valence-electron chi connectivity index (χ3n) is 5.54. The highest BCUT2D eigenvalue weighted by Crippen LogP contribution is 2.51. The van der Waals surface area contributed by atoms with Gasteiger partial charge in [-0.3, -0.25) is 0 Å². The zero-order valence-electron chi connectivity index (χ0n) is 11.8. The Bertz CT molecular complexity index is 383. The Hall–Kier alpha value is -0.380. The number of hydrogen-bond acceptors (Lipinski definition) is 3. The number of thiophene rings is 1. The van der Waals surface area contributed by atoms with Crippen LogP contribution in [0.25, 0.3) is 0 Å². The minimum Gasteiger partial charge on any atom is -0.329 e. The summed E-state index contributed by atoms with van der Waals surface area (Å²) >= 11 is 1.84. The molecule has 3 N–H and O–H groups in total. The zero-order valence-corrected chi connectivity index (χ0v) is 12.6. The van der Waals surface area contributed by atoms with Crippen LogP contribution >= 0.6 is 11.3 Å². The second-order valence-electron chi connectivity index (χ2n) is 6.62. The van der Waals surface area contributed by atoms with Gasteiger partial charge in [-0.1, -0.05) is 18.9 Å². The first-order valence-corrected chi connectivity index (χ1v) is 8.62. The summed E-state index contributed by atoms with van der Waals surface area (Å²) in [7, 11) is 0. The zero-order chi connectivity index (χ0) is 13.2. The summed E-state index contributed by atoms with van der Waals surface area (Å²) in [4.78, 5) is 1.42.